The van der Waals surface area contributed by atoms with E-state index >= 15 is 0 Å². The molecule has 0 spiro atoms. The molecule has 0 aliphatic carbocycles. The number of thioether (sulfide) groups is 1. The van der Waals surface area contributed by atoms with Crippen molar-refractivity contribution in [3.05, 3.63) is 70.9 Å². The van der Waals surface area contributed by atoms with Crippen molar-refractivity contribution in [3.8, 4) is 12.1 Å². The van der Waals surface area contributed by atoms with Crippen LogP contribution in [0.4, 0.5) is 5.69 Å². The summed E-state index contributed by atoms with van der Waals surface area (Å²) < 4.78 is 4.98. The van der Waals surface area contributed by atoms with Gasteiger partial charge in [-0.3, -0.25) is 9.69 Å². The first-order valence-electron chi connectivity index (χ1n) is 9.81. The molecule has 0 bridgehead atoms. The second-order valence-corrected chi connectivity index (χ2v) is 8.40. The van der Waals surface area contributed by atoms with Gasteiger partial charge in [0.1, 0.15) is 11.8 Å². The zero-order chi connectivity index (χ0) is 23.3. The molecule has 2 aromatic carbocycles. The first-order chi connectivity index (χ1) is 15.3. The molecule has 7 nitrogen and oxygen atoms in total. The summed E-state index contributed by atoms with van der Waals surface area (Å²) in [6, 6.07) is 17.9. The van der Waals surface area contributed by atoms with E-state index in [-0.39, 0.29) is 16.9 Å². The van der Waals surface area contributed by atoms with Crippen LogP contribution in [0.15, 0.2) is 59.2 Å². The highest BCUT2D eigenvalue weighted by Gasteiger charge is 2.33. The van der Waals surface area contributed by atoms with Crippen LogP contribution in [0.3, 0.4) is 0 Å². The van der Waals surface area contributed by atoms with Crippen LogP contribution < -0.4 is 4.90 Å². The molecule has 0 N–H and O–H groups in total. The van der Waals surface area contributed by atoms with Crippen LogP contribution in [0.1, 0.15) is 35.3 Å². The summed E-state index contributed by atoms with van der Waals surface area (Å²) in [5, 5.41) is 18.0. The maximum Gasteiger partial charge on any atom is 0.339 e. The lowest BCUT2D eigenvalue weighted by Crippen LogP contribution is -2.31. The Bertz CT molecular complexity index is 1170. The minimum Gasteiger partial charge on any atom is -0.444 e. The van der Waals surface area contributed by atoms with E-state index in [0.717, 1.165) is 5.56 Å². The topological polar surface area (TPSA) is 107 Å². The summed E-state index contributed by atoms with van der Waals surface area (Å²) >= 11 is 1.21. The molecule has 1 heterocycles. The first kappa shape index (κ1) is 22.8. The number of amidine groups is 1. The molecular formula is C24H20N4O3S. The van der Waals surface area contributed by atoms with Gasteiger partial charge in [-0.05, 0) is 56.7 Å². The monoisotopic (exact) mass is 444 g/mol. The van der Waals surface area contributed by atoms with Crippen molar-refractivity contribution in [2.75, 3.05) is 4.90 Å². The Morgan fingerprint density at radius 2 is 1.75 bits per heavy atom. The maximum atomic E-state index is 13.1. The van der Waals surface area contributed by atoms with Gasteiger partial charge in [-0.1, -0.05) is 41.6 Å². The third kappa shape index (κ3) is 5.23. The number of carbonyl (C=O) groups is 2. The van der Waals surface area contributed by atoms with Crippen LogP contribution in [-0.2, 0) is 9.53 Å². The molecule has 0 saturated carbocycles. The van der Waals surface area contributed by atoms with Gasteiger partial charge < -0.3 is 4.74 Å². The summed E-state index contributed by atoms with van der Waals surface area (Å²) in [5.74, 6) is -0.893. The zero-order valence-corrected chi connectivity index (χ0v) is 18.6. The van der Waals surface area contributed by atoms with Gasteiger partial charge in [0.25, 0.3) is 5.91 Å². The van der Waals surface area contributed by atoms with Crippen LogP contribution in [0.5, 0.6) is 0 Å². The molecule has 2 aromatic rings. The number of carbonyl (C=O) groups excluding carboxylic acids is 2. The molecule has 32 heavy (non-hydrogen) atoms. The van der Waals surface area contributed by atoms with Crippen molar-refractivity contribution in [2.24, 2.45) is 4.99 Å². The van der Waals surface area contributed by atoms with Crippen LogP contribution in [0, 0.1) is 29.6 Å². The number of anilines is 1. The lowest BCUT2D eigenvalue weighted by molar-refractivity contribution is -0.113. The van der Waals surface area contributed by atoms with Gasteiger partial charge in [0, 0.05) is 0 Å². The Morgan fingerprint density at radius 1 is 1.09 bits per heavy atom. The average molecular weight is 445 g/mol. The number of aryl methyl sites for hydroxylation is 1. The molecule has 2 atom stereocenters. The van der Waals surface area contributed by atoms with E-state index in [1.165, 1.54) is 23.6 Å². The highest BCUT2D eigenvalue weighted by Crippen LogP contribution is 2.31. The Labute approximate surface area is 190 Å². The molecule has 1 aliphatic rings. The fourth-order valence-corrected chi connectivity index (χ4v) is 3.62. The minimum absolute atomic E-state index is 0.228. The zero-order valence-electron chi connectivity index (χ0n) is 17.8. The highest BCUT2D eigenvalue weighted by atomic mass is 32.2. The molecule has 0 saturated heterocycles. The molecule has 0 aromatic heterocycles. The van der Waals surface area contributed by atoms with E-state index in [1.807, 2.05) is 37.3 Å². The number of hydrogen-bond donors (Lipinski definition) is 0. The highest BCUT2D eigenvalue weighted by molar-refractivity contribution is 8.15. The number of nitriles is 2. The Morgan fingerprint density at radius 3 is 2.34 bits per heavy atom. The number of hydrogen-bond acceptors (Lipinski definition) is 7. The molecule has 0 fully saturated rings. The van der Waals surface area contributed by atoms with Crippen molar-refractivity contribution in [2.45, 2.75) is 32.1 Å². The van der Waals surface area contributed by atoms with Gasteiger partial charge in [-0.15, -0.1) is 0 Å². The van der Waals surface area contributed by atoms with Gasteiger partial charge in [0.2, 0.25) is 0 Å². The van der Waals surface area contributed by atoms with E-state index in [9.17, 15) is 14.9 Å². The molecule has 160 valence electrons. The van der Waals surface area contributed by atoms with E-state index < -0.39 is 12.1 Å². The Kier molecular flexibility index (Phi) is 7.09. The van der Waals surface area contributed by atoms with Crippen molar-refractivity contribution in [3.63, 3.8) is 0 Å². The molecule has 3 rings (SSSR count). The van der Waals surface area contributed by atoms with E-state index in [1.54, 1.807) is 37.3 Å². The predicted molar refractivity (Wildman–Crippen MR) is 124 cm³/mol. The summed E-state index contributed by atoms with van der Waals surface area (Å²) in [5.41, 5.74) is 2.94. The van der Waals surface area contributed by atoms with Gasteiger partial charge in [0.05, 0.1) is 22.6 Å². The van der Waals surface area contributed by atoms with E-state index in [2.05, 4.69) is 11.1 Å². The second kappa shape index (κ2) is 9.95. The number of benzene rings is 2. The number of esters is 1. The van der Waals surface area contributed by atoms with Gasteiger partial charge in [-0.2, -0.15) is 10.5 Å². The normalized spacial score (nSPS) is 16.2. The van der Waals surface area contributed by atoms with Crippen LogP contribution in [0.2, 0.25) is 0 Å². The minimum atomic E-state index is -0.839. The van der Waals surface area contributed by atoms with Crippen molar-refractivity contribution in [1.82, 2.24) is 0 Å². The molecule has 2 unspecified atom stereocenters. The van der Waals surface area contributed by atoms with Gasteiger partial charge >= 0.3 is 5.97 Å². The second-order valence-electron chi connectivity index (χ2n) is 7.09. The van der Waals surface area contributed by atoms with E-state index in [0.29, 0.717) is 22.0 Å². The fraction of sp³-hybridized carbons (Fsp3) is 0.208. The summed E-state index contributed by atoms with van der Waals surface area (Å²) in [6.45, 7) is 5.20. The third-order valence-corrected chi connectivity index (χ3v) is 5.44. The van der Waals surface area contributed by atoms with Crippen molar-refractivity contribution < 1.29 is 14.3 Å². The molecule has 1 aliphatic heterocycles. The van der Waals surface area contributed by atoms with Crippen LogP contribution >= 0.6 is 11.8 Å². The SMILES string of the molecule is Cc1ccc(N2C(=O)/C(=C/c3ccc(C(=O)OC(C)C#N)cc3)N=C2SC(C)C#N)cc1. The standard InChI is InChI=1S/C24H20N4O3S/c1-15-4-10-20(11-5-15)28-22(29)21(27-24(28)32-17(3)14-26)12-18-6-8-19(9-7-18)23(30)31-16(2)13-25/h4-12,16-17H,1-3H3/b21-12-. The van der Waals surface area contributed by atoms with Crippen molar-refractivity contribution >= 4 is 40.6 Å². The van der Waals surface area contributed by atoms with Gasteiger partial charge in [0.15, 0.2) is 11.3 Å². The maximum absolute atomic E-state index is 13.1. The van der Waals surface area contributed by atoms with Gasteiger partial charge in [-0.25, -0.2) is 9.79 Å². The summed E-state index contributed by atoms with van der Waals surface area (Å²) in [7, 11) is 0. The number of nitrogens with zero attached hydrogens (tertiary/aromatic N) is 4. The lowest BCUT2D eigenvalue weighted by atomic mass is 10.1. The number of aliphatic imine (C=N–C) groups is 1. The summed E-state index contributed by atoms with van der Waals surface area (Å²) in [4.78, 5) is 31.1. The van der Waals surface area contributed by atoms with Crippen molar-refractivity contribution in [1.29, 1.82) is 10.5 Å². The largest absolute Gasteiger partial charge is 0.444 e. The molecule has 1 amide bonds. The number of ether oxygens (including phenoxy) is 1. The Balaban J connectivity index is 1.88. The lowest BCUT2D eigenvalue weighted by Gasteiger charge is -2.18. The third-order valence-electron chi connectivity index (χ3n) is 4.50. The fourth-order valence-electron chi connectivity index (χ4n) is 2.81. The number of amides is 1. The molecular weight excluding hydrogens is 424 g/mol. The van der Waals surface area contributed by atoms with E-state index in [4.69, 9.17) is 10.00 Å². The molecule has 8 heteroatoms. The average Bonchev–Trinajstić information content (AvgIpc) is 3.09. The Hall–Kier alpha value is -3.88. The number of rotatable bonds is 5. The summed E-state index contributed by atoms with van der Waals surface area (Å²) in [6.07, 6.45) is 0.787. The van der Waals surface area contributed by atoms with Crippen LogP contribution in [-0.4, -0.2) is 28.4 Å². The molecule has 0 radical (unpaired) electrons. The van der Waals surface area contributed by atoms with Crippen LogP contribution in [0.25, 0.3) is 6.08 Å². The smallest absolute Gasteiger partial charge is 0.339 e. The first-order valence-corrected chi connectivity index (χ1v) is 10.7. The quantitative estimate of drug-likeness (QED) is 0.498. The predicted octanol–water partition coefficient (Wildman–Crippen LogP) is 4.45.